The van der Waals surface area contributed by atoms with E-state index in [1.807, 2.05) is 6.92 Å². The molecule has 1 saturated carbocycles. The van der Waals surface area contributed by atoms with Crippen LogP contribution < -0.4 is 15.8 Å². The summed E-state index contributed by atoms with van der Waals surface area (Å²) in [4.78, 5) is 12.5. The highest BCUT2D eigenvalue weighted by Gasteiger charge is 2.24. The van der Waals surface area contributed by atoms with Crippen LogP contribution in [0.5, 0.6) is 0 Å². The molecule has 1 atom stereocenters. The standard InChI is InChI=1S/C18H29N3O3S/c1-2-12-25(23,24)21-16-10-8-15(9-11-16)18(22)20-17(13-19)14-6-4-3-5-7-14/h8-11,14,17,21H,2-7,12-13,19H2,1H3,(H,20,22). The van der Waals surface area contributed by atoms with Gasteiger partial charge in [0, 0.05) is 23.8 Å². The highest BCUT2D eigenvalue weighted by atomic mass is 32.2. The number of carbonyl (C=O) groups is 1. The minimum atomic E-state index is -3.32. The third-order valence-electron chi connectivity index (χ3n) is 4.68. The molecular formula is C18H29N3O3S. The predicted molar refractivity (Wildman–Crippen MR) is 101 cm³/mol. The maximum atomic E-state index is 12.5. The Balaban J connectivity index is 1.97. The number of nitrogens with two attached hydrogens (primary N) is 1. The minimum Gasteiger partial charge on any atom is -0.348 e. The Morgan fingerprint density at radius 1 is 1.20 bits per heavy atom. The number of hydrogen-bond donors (Lipinski definition) is 3. The van der Waals surface area contributed by atoms with Gasteiger partial charge < -0.3 is 11.1 Å². The zero-order valence-corrected chi connectivity index (χ0v) is 15.6. The van der Waals surface area contributed by atoms with Gasteiger partial charge in [-0.05, 0) is 49.4 Å². The van der Waals surface area contributed by atoms with Crippen LogP contribution in [0.15, 0.2) is 24.3 Å². The summed E-state index contributed by atoms with van der Waals surface area (Å²) >= 11 is 0. The van der Waals surface area contributed by atoms with Crippen LogP contribution in [0.1, 0.15) is 55.8 Å². The Kier molecular flexibility index (Phi) is 7.25. The van der Waals surface area contributed by atoms with Gasteiger partial charge in [0.15, 0.2) is 0 Å². The van der Waals surface area contributed by atoms with Crippen molar-refractivity contribution >= 4 is 21.6 Å². The summed E-state index contributed by atoms with van der Waals surface area (Å²) in [5.41, 5.74) is 6.83. The van der Waals surface area contributed by atoms with Crippen molar-refractivity contribution in [1.82, 2.24) is 5.32 Å². The van der Waals surface area contributed by atoms with Gasteiger partial charge >= 0.3 is 0 Å². The minimum absolute atomic E-state index is 0.00414. The summed E-state index contributed by atoms with van der Waals surface area (Å²) in [6.07, 6.45) is 6.43. The van der Waals surface area contributed by atoms with Crippen LogP contribution in [-0.2, 0) is 10.0 Å². The van der Waals surface area contributed by atoms with Crippen molar-refractivity contribution in [1.29, 1.82) is 0 Å². The van der Waals surface area contributed by atoms with E-state index in [-0.39, 0.29) is 17.7 Å². The molecule has 1 aromatic rings. The van der Waals surface area contributed by atoms with Gasteiger partial charge in [-0.1, -0.05) is 26.2 Å². The molecule has 0 spiro atoms. The Bertz CT molecular complexity index is 653. The lowest BCUT2D eigenvalue weighted by atomic mass is 9.84. The fraction of sp³-hybridized carbons (Fsp3) is 0.611. The molecule has 2 rings (SSSR count). The lowest BCUT2D eigenvalue weighted by molar-refractivity contribution is 0.0915. The molecule has 4 N–H and O–H groups in total. The average molecular weight is 368 g/mol. The van der Waals surface area contributed by atoms with E-state index >= 15 is 0 Å². The lowest BCUT2D eigenvalue weighted by Gasteiger charge is -2.30. The highest BCUT2D eigenvalue weighted by molar-refractivity contribution is 7.92. The summed E-state index contributed by atoms with van der Waals surface area (Å²) < 4.78 is 26.1. The van der Waals surface area contributed by atoms with Gasteiger partial charge in [-0.2, -0.15) is 0 Å². The molecule has 7 heteroatoms. The third-order valence-corrected chi connectivity index (χ3v) is 6.17. The van der Waals surface area contributed by atoms with Crippen molar-refractivity contribution in [2.75, 3.05) is 17.0 Å². The van der Waals surface area contributed by atoms with Gasteiger partial charge in [-0.15, -0.1) is 0 Å². The van der Waals surface area contributed by atoms with Crippen LogP contribution in [0, 0.1) is 5.92 Å². The van der Waals surface area contributed by atoms with E-state index in [0.29, 0.717) is 30.1 Å². The second kappa shape index (κ2) is 9.20. The van der Waals surface area contributed by atoms with Crippen LogP contribution in [0.4, 0.5) is 5.69 Å². The third kappa shape index (κ3) is 6.01. The van der Waals surface area contributed by atoms with Crippen LogP contribution in [0.3, 0.4) is 0 Å². The highest BCUT2D eigenvalue weighted by Crippen LogP contribution is 2.26. The van der Waals surface area contributed by atoms with E-state index < -0.39 is 10.0 Å². The molecule has 0 heterocycles. The summed E-state index contributed by atoms with van der Waals surface area (Å²) in [5, 5.41) is 3.04. The molecule has 0 aliphatic heterocycles. The lowest BCUT2D eigenvalue weighted by Crippen LogP contribution is -2.45. The molecule has 140 valence electrons. The molecule has 1 aliphatic carbocycles. The van der Waals surface area contributed by atoms with Crippen molar-refractivity contribution in [3.63, 3.8) is 0 Å². The maximum Gasteiger partial charge on any atom is 0.251 e. The second-order valence-corrected chi connectivity index (χ2v) is 8.55. The van der Waals surface area contributed by atoms with Gasteiger partial charge in [-0.3, -0.25) is 9.52 Å². The first-order valence-corrected chi connectivity index (χ1v) is 10.7. The number of benzene rings is 1. The monoisotopic (exact) mass is 367 g/mol. The maximum absolute atomic E-state index is 12.5. The van der Waals surface area contributed by atoms with Crippen molar-refractivity contribution in [3.05, 3.63) is 29.8 Å². The number of nitrogens with one attached hydrogen (secondary N) is 2. The first-order valence-electron chi connectivity index (χ1n) is 9.06. The number of hydrogen-bond acceptors (Lipinski definition) is 4. The van der Waals surface area contributed by atoms with Crippen molar-refractivity contribution in [2.24, 2.45) is 11.7 Å². The largest absolute Gasteiger partial charge is 0.348 e. The average Bonchev–Trinajstić information content (AvgIpc) is 2.60. The predicted octanol–water partition coefficient (Wildman–Crippen LogP) is 2.48. The van der Waals surface area contributed by atoms with E-state index in [0.717, 1.165) is 12.8 Å². The van der Waals surface area contributed by atoms with Crippen molar-refractivity contribution < 1.29 is 13.2 Å². The van der Waals surface area contributed by atoms with Gasteiger partial charge in [0.25, 0.3) is 5.91 Å². The zero-order chi connectivity index (χ0) is 18.3. The Morgan fingerprint density at radius 3 is 2.40 bits per heavy atom. The van der Waals surface area contributed by atoms with Gasteiger partial charge in [0.05, 0.1) is 5.75 Å². The molecule has 1 aromatic carbocycles. The van der Waals surface area contributed by atoms with E-state index in [1.54, 1.807) is 24.3 Å². The molecule has 1 unspecified atom stereocenters. The van der Waals surface area contributed by atoms with Gasteiger partial charge in [0.2, 0.25) is 10.0 Å². The van der Waals surface area contributed by atoms with Crippen LogP contribution >= 0.6 is 0 Å². The van der Waals surface area contributed by atoms with Crippen LogP contribution in [0.25, 0.3) is 0 Å². The van der Waals surface area contributed by atoms with E-state index in [4.69, 9.17) is 5.73 Å². The van der Waals surface area contributed by atoms with Crippen molar-refractivity contribution in [3.8, 4) is 0 Å². The van der Waals surface area contributed by atoms with Crippen LogP contribution in [0.2, 0.25) is 0 Å². The second-order valence-electron chi connectivity index (χ2n) is 6.71. The molecule has 1 amide bonds. The Labute approximate surface area is 150 Å². The SMILES string of the molecule is CCCS(=O)(=O)Nc1ccc(C(=O)NC(CN)C2CCCCC2)cc1. The number of amides is 1. The smallest absolute Gasteiger partial charge is 0.251 e. The molecule has 0 aromatic heterocycles. The summed E-state index contributed by atoms with van der Waals surface area (Å²) in [6, 6.07) is 6.48. The van der Waals surface area contributed by atoms with Gasteiger partial charge in [-0.25, -0.2) is 8.42 Å². The first kappa shape index (κ1) is 19.7. The first-order chi connectivity index (χ1) is 11.9. The number of carbonyl (C=O) groups excluding carboxylic acids is 1. The van der Waals surface area contributed by atoms with Crippen molar-refractivity contribution in [2.45, 2.75) is 51.5 Å². The molecule has 0 bridgehead atoms. The Hall–Kier alpha value is -1.60. The molecule has 0 radical (unpaired) electrons. The summed E-state index contributed by atoms with van der Waals surface area (Å²) in [7, 11) is -3.32. The topological polar surface area (TPSA) is 101 Å². The normalized spacial score (nSPS) is 17.0. The quantitative estimate of drug-likeness (QED) is 0.657. The number of sulfonamides is 1. The summed E-state index contributed by atoms with van der Waals surface area (Å²) in [5.74, 6) is 0.362. The van der Waals surface area contributed by atoms with E-state index in [9.17, 15) is 13.2 Å². The number of rotatable bonds is 8. The fourth-order valence-corrected chi connectivity index (χ4v) is 4.48. The summed E-state index contributed by atoms with van der Waals surface area (Å²) in [6.45, 7) is 2.25. The fourth-order valence-electron chi connectivity index (χ4n) is 3.35. The zero-order valence-electron chi connectivity index (χ0n) is 14.8. The molecule has 6 nitrogen and oxygen atoms in total. The van der Waals surface area contributed by atoms with Gasteiger partial charge in [0.1, 0.15) is 0 Å². The molecular weight excluding hydrogens is 338 g/mol. The molecule has 1 aliphatic rings. The number of anilines is 1. The van der Waals surface area contributed by atoms with Crippen LogP contribution in [-0.4, -0.2) is 32.7 Å². The molecule has 1 fully saturated rings. The van der Waals surface area contributed by atoms with E-state index in [2.05, 4.69) is 10.0 Å². The Morgan fingerprint density at radius 2 is 1.84 bits per heavy atom. The molecule has 25 heavy (non-hydrogen) atoms. The molecule has 0 saturated heterocycles. The van der Waals surface area contributed by atoms with E-state index in [1.165, 1.54) is 19.3 Å².